The van der Waals surface area contributed by atoms with Gasteiger partial charge in [0.25, 0.3) is 0 Å². The molecule has 0 heterocycles. The predicted molar refractivity (Wildman–Crippen MR) is 27.7 cm³/mol. The molecule has 44 valence electrons. The van der Waals surface area contributed by atoms with Crippen LogP contribution < -0.4 is 68.4 Å². The quantitative estimate of drug-likeness (QED) is 0.356. The summed E-state index contributed by atoms with van der Waals surface area (Å²) in [5.74, 6) is 0. The molecule has 0 N–H and O–H groups in total. The van der Waals surface area contributed by atoms with Crippen molar-refractivity contribution in [3.63, 3.8) is 0 Å². The Morgan fingerprint density at radius 1 is 0.500 bits per heavy atom. The molecule has 1 aliphatic carbocycles. The topological polar surface area (TPSA) is 0 Å². The third-order valence-electron chi connectivity index (χ3n) is 1.50. The van der Waals surface area contributed by atoms with Gasteiger partial charge >= 0.3 is 51.4 Å². The minimum absolute atomic E-state index is 0. The summed E-state index contributed by atoms with van der Waals surface area (Å²) in [6.45, 7) is 0. The van der Waals surface area contributed by atoms with Gasteiger partial charge < -0.3 is 17.0 Å². The molecule has 1 aliphatic rings. The second-order valence-corrected chi connectivity index (χ2v) is 2.12. The van der Waals surface area contributed by atoms with Crippen molar-refractivity contribution in [2.24, 2.45) is 0 Å². The summed E-state index contributed by atoms with van der Waals surface area (Å²) in [7, 11) is 0. The summed E-state index contributed by atoms with van der Waals surface area (Å²) in [5.41, 5.74) is 0. The molecular weight excluding hydrogens is 191 g/mol. The molecule has 0 aromatic heterocycles. The SMILES string of the molecule is C1CCCCC1.[Br-].[K+]. The van der Waals surface area contributed by atoms with E-state index in [9.17, 15) is 0 Å². The Balaban J connectivity index is 0. The van der Waals surface area contributed by atoms with Gasteiger partial charge in [-0.2, -0.15) is 0 Å². The average molecular weight is 203 g/mol. The Hall–Kier alpha value is 2.12. The molecule has 0 spiro atoms. The van der Waals surface area contributed by atoms with Gasteiger partial charge in [-0.15, -0.1) is 0 Å². The summed E-state index contributed by atoms with van der Waals surface area (Å²) < 4.78 is 0. The van der Waals surface area contributed by atoms with Crippen molar-refractivity contribution in [1.82, 2.24) is 0 Å². The van der Waals surface area contributed by atoms with Gasteiger partial charge in [0.2, 0.25) is 0 Å². The molecule has 0 nitrogen and oxygen atoms in total. The molecule has 0 aromatic rings. The summed E-state index contributed by atoms with van der Waals surface area (Å²) >= 11 is 0. The van der Waals surface area contributed by atoms with Crippen LogP contribution in [0.2, 0.25) is 0 Å². The number of halogens is 1. The van der Waals surface area contributed by atoms with E-state index >= 15 is 0 Å². The van der Waals surface area contributed by atoms with Crippen LogP contribution in [0.1, 0.15) is 38.5 Å². The van der Waals surface area contributed by atoms with Crippen molar-refractivity contribution in [2.75, 3.05) is 0 Å². The monoisotopic (exact) mass is 202 g/mol. The maximum atomic E-state index is 1.50. The molecule has 0 unspecified atom stereocenters. The smallest absolute Gasteiger partial charge is 1.00 e. The van der Waals surface area contributed by atoms with E-state index in [1.54, 1.807) is 0 Å². The van der Waals surface area contributed by atoms with Crippen LogP contribution >= 0.6 is 0 Å². The molecular formula is C6H12BrK. The van der Waals surface area contributed by atoms with Crippen LogP contribution in [0, 0.1) is 0 Å². The van der Waals surface area contributed by atoms with Gasteiger partial charge in [0.1, 0.15) is 0 Å². The largest absolute Gasteiger partial charge is 1.00 e. The van der Waals surface area contributed by atoms with E-state index in [-0.39, 0.29) is 68.4 Å². The molecule has 0 atom stereocenters. The predicted octanol–water partition coefficient (Wildman–Crippen LogP) is -3.65. The van der Waals surface area contributed by atoms with Crippen LogP contribution in [0.3, 0.4) is 0 Å². The molecule has 0 saturated heterocycles. The van der Waals surface area contributed by atoms with E-state index in [0.717, 1.165) is 0 Å². The third-order valence-corrected chi connectivity index (χ3v) is 1.50. The van der Waals surface area contributed by atoms with Crippen molar-refractivity contribution in [2.45, 2.75) is 38.5 Å². The van der Waals surface area contributed by atoms with Crippen LogP contribution in [-0.4, -0.2) is 0 Å². The zero-order valence-electron chi connectivity index (χ0n) is 5.62. The zero-order chi connectivity index (χ0) is 4.24. The zero-order valence-corrected chi connectivity index (χ0v) is 10.3. The second kappa shape index (κ2) is 9.12. The molecule has 1 fully saturated rings. The average Bonchev–Trinajstić information content (AvgIpc) is 1.72. The summed E-state index contributed by atoms with van der Waals surface area (Å²) in [5, 5.41) is 0. The number of rotatable bonds is 0. The van der Waals surface area contributed by atoms with Gasteiger partial charge in [-0.1, -0.05) is 38.5 Å². The molecule has 0 bridgehead atoms. The molecule has 1 rings (SSSR count). The Morgan fingerprint density at radius 3 is 0.750 bits per heavy atom. The number of hydrogen-bond acceptors (Lipinski definition) is 0. The van der Waals surface area contributed by atoms with Crippen molar-refractivity contribution >= 4 is 0 Å². The molecule has 8 heavy (non-hydrogen) atoms. The Bertz CT molecular complexity index is 24.0. The van der Waals surface area contributed by atoms with Crippen LogP contribution in [0.4, 0.5) is 0 Å². The van der Waals surface area contributed by atoms with Gasteiger partial charge in [-0.05, 0) is 0 Å². The van der Waals surface area contributed by atoms with E-state index < -0.39 is 0 Å². The van der Waals surface area contributed by atoms with E-state index in [4.69, 9.17) is 0 Å². The third kappa shape index (κ3) is 6.24. The second-order valence-electron chi connectivity index (χ2n) is 2.12. The molecule has 2 heteroatoms. The molecule has 0 aromatic carbocycles. The van der Waals surface area contributed by atoms with Gasteiger partial charge in [0.05, 0.1) is 0 Å². The summed E-state index contributed by atoms with van der Waals surface area (Å²) in [6.07, 6.45) is 9.00. The fourth-order valence-corrected chi connectivity index (χ4v) is 1.06. The van der Waals surface area contributed by atoms with Gasteiger partial charge in [-0.25, -0.2) is 0 Å². The van der Waals surface area contributed by atoms with Gasteiger partial charge in [0.15, 0.2) is 0 Å². The van der Waals surface area contributed by atoms with Crippen LogP contribution in [0.25, 0.3) is 0 Å². The fraction of sp³-hybridized carbons (Fsp3) is 1.00. The maximum Gasteiger partial charge on any atom is 1.00 e. The van der Waals surface area contributed by atoms with Crippen molar-refractivity contribution < 1.29 is 68.4 Å². The Morgan fingerprint density at radius 2 is 0.625 bits per heavy atom. The number of hydrogen-bond donors (Lipinski definition) is 0. The normalized spacial score (nSPS) is 18.0. The Kier molecular flexibility index (Phi) is 14.5. The van der Waals surface area contributed by atoms with Gasteiger partial charge in [-0.3, -0.25) is 0 Å². The van der Waals surface area contributed by atoms with Crippen molar-refractivity contribution in [3.8, 4) is 0 Å². The molecule has 1 saturated carbocycles. The van der Waals surface area contributed by atoms with E-state index in [1.807, 2.05) is 0 Å². The fourth-order valence-electron chi connectivity index (χ4n) is 1.06. The molecule has 0 radical (unpaired) electrons. The summed E-state index contributed by atoms with van der Waals surface area (Å²) in [4.78, 5) is 0. The minimum atomic E-state index is 0. The minimum Gasteiger partial charge on any atom is -1.00 e. The summed E-state index contributed by atoms with van der Waals surface area (Å²) in [6, 6.07) is 0. The van der Waals surface area contributed by atoms with Gasteiger partial charge in [0, 0.05) is 0 Å². The van der Waals surface area contributed by atoms with Crippen molar-refractivity contribution in [1.29, 1.82) is 0 Å². The first-order chi connectivity index (χ1) is 3.00. The Labute approximate surface area is 105 Å². The first-order valence-electron chi connectivity index (χ1n) is 3.00. The molecule has 0 amide bonds. The maximum absolute atomic E-state index is 1.50. The first-order valence-corrected chi connectivity index (χ1v) is 3.00. The standard InChI is InChI=1S/C6H12.BrH.K/c1-2-4-6-5-3-1;;/h1-6H2;1H;/q;;+1/p-1. The van der Waals surface area contributed by atoms with E-state index in [1.165, 1.54) is 38.5 Å². The van der Waals surface area contributed by atoms with Crippen LogP contribution in [0.15, 0.2) is 0 Å². The van der Waals surface area contributed by atoms with Crippen LogP contribution in [0.5, 0.6) is 0 Å². The first kappa shape index (κ1) is 12.8. The van der Waals surface area contributed by atoms with Crippen LogP contribution in [-0.2, 0) is 0 Å². The van der Waals surface area contributed by atoms with E-state index in [2.05, 4.69) is 0 Å². The van der Waals surface area contributed by atoms with Crippen molar-refractivity contribution in [3.05, 3.63) is 0 Å². The molecule has 0 aliphatic heterocycles. The van der Waals surface area contributed by atoms with E-state index in [0.29, 0.717) is 0 Å².